The molecule has 5 nitrogen and oxygen atoms in total. The topological polar surface area (TPSA) is 94.3 Å². The standard InChI is InChI=1S/C11H17NO.C8H14O2.C4H8O/c1-4-6-8-10(7-5-2)9(3)11(12)13;1-4-5-6(2)8(10)7(3)9;1-3-4(2)5/h5-9H,2,4H2,1,3H3,(H2,12,13);6H,4-5H2,1-3H3;3H2,1-2H3/b8-6-,10-7+;;/t9-;;/m0../s1. The lowest BCUT2D eigenvalue weighted by Gasteiger charge is -2.07. The molecule has 28 heavy (non-hydrogen) atoms. The van der Waals surface area contributed by atoms with Crippen molar-refractivity contribution in [1.29, 1.82) is 0 Å². The minimum absolute atomic E-state index is 0.0810. The summed E-state index contributed by atoms with van der Waals surface area (Å²) in [5, 5.41) is 0. The second kappa shape index (κ2) is 19.5. The molecule has 0 aliphatic rings. The summed E-state index contributed by atoms with van der Waals surface area (Å²) in [5.74, 6) is -0.940. The summed E-state index contributed by atoms with van der Waals surface area (Å²) in [6.45, 7) is 16.0. The number of Topliss-reactive ketones (excluding diaryl/α,β-unsaturated/α-hetero) is 3. The Kier molecular flexibility index (Phi) is 21.1. The number of rotatable bonds is 10. The summed E-state index contributed by atoms with van der Waals surface area (Å²) in [5.41, 5.74) is 6.10. The molecule has 0 aliphatic carbocycles. The molecule has 1 unspecified atom stereocenters. The van der Waals surface area contributed by atoms with Gasteiger partial charge in [-0.25, -0.2) is 0 Å². The second-order valence-electron chi connectivity index (χ2n) is 6.50. The highest BCUT2D eigenvalue weighted by molar-refractivity contribution is 6.36. The maximum Gasteiger partial charge on any atom is 0.224 e. The van der Waals surface area contributed by atoms with Crippen molar-refractivity contribution in [2.75, 3.05) is 0 Å². The van der Waals surface area contributed by atoms with E-state index < -0.39 is 0 Å². The zero-order chi connectivity index (χ0) is 22.7. The smallest absolute Gasteiger partial charge is 0.224 e. The van der Waals surface area contributed by atoms with Crippen LogP contribution in [0.1, 0.15) is 74.1 Å². The van der Waals surface area contributed by atoms with Crippen molar-refractivity contribution in [1.82, 2.24) is 0 Å². The number of amides is 1. The summed E-state index contributed by atoms with van der Waals surface area (Å²) < 4.78 is 0. The first-order chi connectivity index (χ1) is 13.0. The molecule has 0 rings (SSSR count). The van der Waals surface area contributed by atoms with E-state index in [9.17, 15) is 19.2 Å². The van der Waals surface area contributed by atoms with Crippen LogP contribution >= 0.6 is 0 Å². The summed E-state index contributed by atoms with van der Waals surface area (Å²) in [7, 11) is 0. The molecule has 0 aromatic rings. The number of allylic oxidation sites excluding steroid dienone is 4. The Hall–Kier alpha value is -2.30. The number of ketones is 3. The first-order valence-electron chi connectivity index (χ1n) is 9.82. The van der Waals surface area contributed by atoms with E-state index in [-0.39, 0.29) is 35.1 Å². The van der Waals surface area contributed by atoms with Gasteiger partial charge in [-0.15, -0.1) is 0 Å². The molecule has 5 heteroatoms. The third kappa shape index (κ3) is 18.5. The summed E-state index contributed by atoms with van der Waals surface area (Å²) in [6.07, 6.45) is 10.8. The fourth-order valence-corrected chi connectivity index (χ4v) is 1.81. The summed E-state index contributed by atoms with van der Waals surface area (Å²) >= 11 is 0. The Morgan fingerprint density at radius 3 is 1.82 bits per heavy atom. The summed E-state index contributed by atoms with van der Waals surface area (Å²) in [4.78, 5) is 42.1. The maximum atomic E-state index is 10.9. The number of primary amides is 1. The molecule has 0 radical (unpaired) electrons. The molecule has 0 saturated carbocycles. The van der Waals surface area contributed by atoms with Crippen LogP contribution in [0.4, 0.5) is 0 Å². The highest BCUT2D eigenvalue weighted by atomic mass is 16.2. The predicted molar refractivity (Wildman–Crippen MR) is 117 cm³/mol. The molecule has 0 spiro atoms. The fourth-order valence-electron chi connectivity index (χ4n) is 1.81. The predicted octanol–water partition coefficient (Wildman–Crippen LogP) is 4.75. The summed E-state index contributed by atoms with van der Waals surface area (Å²) in [6, 6.07) is 0. The Morgan fingerprint density at radius 1 is 1.04 bits per heavy atom. The molecular weight excluding hydrogens is 354 g/mol. The largest absolute Gasteiger partial charge is 0.369 e. The average Bonchev–Trinajstić information content (AvgIpc) is 2.64. The van der Waals surface area contributed by atoms with Crippen LogP contribution in [0.2, 0.25) is 0 Å². The third-order valence-electron chi connectivity index (χ3n) is 3.80. The Morgan fingerprint density at radius 2 is 1.54 bits per heavy atom. The monoisotopic (exact) mass is 393 g/mol. The van der Waals surface area contributed by atoms with Gasteiger partial charge in [0.25, 0.3) is 0 Å². The lowest BCUT2D eigenvalue weighted by Crippen LogP contribution is -2.21. The fraction of sp³-hybridized carbons (Fsp3) is 0.565. The van der Waals surface area contributed by atoms with Crippen molar-refractivity contribution in [2.45, 2.75) is 74.1 Å². The molecule has 0 aromatic heterocycles. The third-order valence-corrected chi connectivity index (χ3v) is 3.80. The number of hydrogen-bond acceptors (Lipinski definition) is 4. The van der Waals surface area contributed by atoms with Crippen LogP contribution < -0.4 is 5.73 Å². The van der Waals surface area contributed by atoms with Crippen LogP contribution in [-0.4, -0.2) is 23.3 Å². The van der Waals surface area contributed by atoms with Crippen molar-refractivity contribution < 1.29 is 19.2 Å². The van der Waals surface area contributed by atoms with Gasteiger partial charge >= 0.3 is 0 Å². The second-order valence-corrected chi connectivity index (χ2v) is 6.50. The van der Waals surface area contributed by atoms with Gasteiger partial charge in [0.15, 0.2) is 5.78 Å². The van der Waals surface area contributed by atoms with E-state index in [0.29, 0.717) is 6.42 Å². The van der Waals surface area contributed by atoms with Gasteiger partial charge in [0.2, 0.25) is 11.7 Å². The van der Waals surface area contributed by atoms with Crippen LogP contribution in [0.3, 0.4) is 0 Å². The number of nitrogens with two attached hydrogens (primary N) is 1. The molecule has 0 aromatic carbocycles. The molecule has 1 amide bonds. The van der Waals surface area contributed by atoms with Crippen molar-refractivity contribution in [3.8, 4) is 0 Å². The van der Waals surface area contributed by atoms with Gasteiger partial charge in [-0.2, -0.15) is 0 Å². The van der Waals surface area contributed by atoms with Crippen LogP contribution in [0.5, 0.6) is 0 Å². The SMILES string of the molecule is C=C/C=C(\C=C/CC)[C@H](C)C(N)=O.CCC(C)=O.CCCC(C)C(=O)C(C)=O. The van der Waals surface area contributed by atoms with Crippen LogP contribution in [0, 0.1) is 11.8 Å². The van der Waals surface area contributed by atoms with E-state index in [0.717, 1.165) is 24.8 Å². The Labute approximate surface area is 171 Å². The quantitative estimate of drug-likeness (QED) is 0.428. The van der Waals surface area contributed by atoms with Crippen LogP contribution in [0.25, 0.3) is 0 Å². The molecule has 160 valence electrons. The minimum Gasteiger partial charge on any atom is -0.369 e. The number of carbonyl (C=O) groups is 4. The van der Waals surface area contributed by atoms with E-state index >= 15 is 0 Å². The van der Waals surface area contributed by atoms with Gasteiger partial charge in [-0.3, -0.25) is 14.4 Å². The molecule has 0 heterocycles. The molecule has 0 bridgehead atoms. The highest BCUT2D eigenvalue weighted by Crippen LogP contribution is 2.12. The van der Waals surface area contributed by atoms with Gasteiger partial charge in [0, 0.05) is 19.3 Å². The van der Waals surface area contributed by atoms with Crippen LogP contribution in [-0.2, 0) is 19.2 Å². The maximum absolute atomic E-state index is 10.9. The van der Waals surface area contributed by atoms with Gasteiger partial charge in [0.05, 0.1) is 5.92 Å². The number of hydrogen-bond donors (Lipinski definition) is 1. The average molecular weight is 394 g/mol. The first kappa shape index (κ1) is 30.4. The molecule has 0 saturated heterocycles. The van der Waals surface area contributed by atoms with Gasteiger partial charge < -0.3 is 10.5 Å². The van der Waals surface area contributed by atoms with Crippen molar-refractivity contribution in [2.24, 2.45) is 17.6 Å². The molecule has 2 N–H and O–H groups in total. The molecule has 0 aliphatic heterocycles. The highest BCUT2D eigenvalue weighted by Gasteiger charge is 2.15. The Balaban J connectivity index is -0.000000368. The van der Waals surface area contributed by atoms with E-state index in [1.165, 1.54) is 6.92 Å². The molecule has 2 atom stereocenters. The lowest BCUT2D eigenvalue weighted by molar-refractivity contribution is -0.137. The van der Waals surface area contributed by atoms with E-state index in [2.05, 4.69) is 6.58 Å². The molecule has 0 fully saturated rings. The van der Waals surface area contributed by atoms with Crippen molar-refractivity contribution in [3.63, 3.8) is 0 Å². The first-order valence-corrected chi connectivity index (χ1v) is 9.82. The minimum atomic E-state index is -0.319. The van der Waals surface area contributed by atoms with E-state index in [4.69, 9.17) is 5.73 Å². The van der Waals surface area contributed by atoms with Gasteiger partial charge in [0.1, 0.15) is 5.78 Å². The van der Waals surface area contributed by atoms with E-state index in [1.54, 1.807) is 26.8 Å². The number of carbonyl (C=O) groups excluding carboxylic acids is 4. The lowest BCUT2D eigenvalue weighted by atomic mass is 9.99. The zero-order valence-corrected chi connectivity index (χ0v) is 18.7. The van der Waals surface area contributed by atoms with Crippen molar-refractivity contribution >= 4 is 23.3 Å². The van der Waals surface area contributed by atoms with Gasteiger partial charge in [-0.1, -0.05) is 65.0 Å². The van der Waals surface area contributed by atoms with E-state index in [1.807, 2.05) is 39.0 Å². The van der Waals surface area contributed by atoms with Crippen molar-refractivity contribution in [3.05, 3.63) is 36.5 Å². The normalized spacial score (nSPS) is 12.6. The van der Waals surface area contributed by atoms with Gasteiger partial charge in [-0.05, 0) is 32.3 Å². The zero-order valence-electron chi connectivity index (χ0n) is 18.7. The Bertz CT molecular complexity index is 559. The molecular formula is C23H39NO4. The van der Waals surface area contributed by atoms with Crippen LogP contribution in [0.15, 0.2) is 36.5 Å².